The summed E-state index contributed by atoms with van der Waals surface area (Å²) in [4.78, 5) is 0. The van der Waals surface area contributed by atoms with Crippen molar-refractivity contribution in [2.45, 2.75) is 77.8 Å². The lowest BCUT2D eigenvalue weighted by molar-refractivity contribution is 0.144. The molecule has 2 aliphatic rings. The van der Waals surface area contributed by atoms with Gasteiger partial charge in [0, 0.05) is 12.1 Å². The van der Waals surface area contributed by atoms with E-state index >= 15 is 0 Å². The van der Waals surface area contributed by atoms with Crippen LogP contribution in [0.2, 0.25) is 0 Å². The van der Waals surface area contributed by atoms with E-state index in [1.54, 1.807) is 0 Å². The molecule has 16 heavy (non-hydrogen) atoms. The van der Waals surface area contributed by atoms with Gasteiger partial charge in [-0.3, -0.25) is 0 Å². The minimum absolute atomic E-state index is 0.820. The van der Waals surface area contributed by atoms with Crippen LogP contribution in [-0.2, 0) is 0 Å². The predicted octanol–water partition coefficient (Wildman–Crippen LogP) is 3.98. The SMILES string of the molecule is CC(C)C1CC(NC2CCCCCC2C)C1. The van der Waals surface area contributed by atoms with Crippen molar-refractivity contribution in [1.29, 1.82) is 0 Å². The molecule has 0 aromatic carbocycles. The van der Waals surface area contributed by atoms with Crippen molar-refractivity contribution < 1.29 is 0 Å². The van der Waals surface area contributed by atoms with Crippen LogP contribution >= 0.6 is 0 Å². The van der Waals surface area contributed by atoms with Gasteiger partial charge < -0.3 is 5.32 Å². The summed E-state index contributed by atoms with van der Waals surface area (Å²) in [6.07, 6.45) is 10.1. The van der Waals surface area contributed by atoms with Crippen LogP contribution in [-0.4, -0.2) is 12.1 Å². The number of nitrogens with one attached hydrogen (secondary N) is 1. The van der Waals surface area contributed by atoms with E-state index in [0.717, 1.165) is 29.8 Å². The molecule has 0 bridgehead atoms. The second-order valence-corrected chi connectivity index (χ2v) is 6.56. The van der Waals surface area contributed by atoms with Gasteiger partial charge in [0.1, 0.15) is 0 Å². The average Bonchev–Trinajstić information content (AvgIpc) is 2.36. The van der Waals surface area contributed by atoms with Crippen LogP contribution in [0.25, 0.3) is 0 Å². The molecule has 1 N–H and O–H groups in total. The summed E-state index contributed by atoms with van der Waals surface area (Å²) in [5.41, 5.74) is 0. The lowest BCUT2D eigenvalue weighted by atomic mass is 9.73. The number of hydrogen-bond acceptors (Lipinski definition) is 1. The molecule has 0 aromatic heterocycles. The predicted molar refractivity (Wildman–Crippen MR) is 70.5 cm³/mol. The zero-order valence-corrected chi connectivity index (χ0v) is 11.3. The molecule has 1 heteroatoms. The Hall–Kier alpha value is -0.0400. The van der Waals surface area contributed by atoms with Gasteiger partial charge in [0.2, 0.25) is 0 Å². The van der Waals surface area contributed by atoms with Crippen molar-refractivity contribution in [3.8, 4) is 0 Å². The Bertz CT molecular complexity index is 205. The maximum absolute atomic E-state index is 3.93. The molecule has 0 saturated heterocycles. The molecule has 0 radical (unpaired) electrons. The highest BCUT2D eigenvalue weighted by Crippen LogP contribution is 2.35. The lowest BCUT2D eigenvalue weighted by Crippen LogP contribution is -2.49. The Morgan fingerprint density at radius 1 is 1.00 bits per heavy atom. The van der Waals surface area contributed by atoms with Crippen LogP contribution in [0.3, 0.4) is 0 Å². The van der Waals surface area contributed by atoms with E-state index in [4.69, 9.17) is 0 Å². The van der Waals surface area contributed by atoms with Crippen LogP contribution in [0.15, 0.2) is 0 Å². The van der Waals surface area contributed by atoms with Crippen molar-refractivity contribution in [2.75, 3.05) is 0 Å². The smallest absolute Gasteiger partial charge is 0.00952 e. The highest BCUT2D eigenvalue weighted by Gasteiger charge is 2.33. The van der Waals surface area contributed by atoms with E-state index in [0.29, 0.717) is 0 Å². The second kappa shape index (κ2) is 5.53. The Morgan fingerprint density at radius 2 is 1.69 bits per heavy atom. The molecule has 2 aliphatic carbocycles. The zero-order chi connectivity index (χ0) is 11.5. The van der Waals surface area contributed by atoms with E-state index in [1.807, 2.05) is 0 Å². The molecule has 0 heterocycles. The van der Waals surface area contributed by atoms with E-state index < -0.39 is 0 Å². The molecule has 2 fully saturated rings. The highest BCUT2D eigenvalue weighted by molar-refractivity contribution is 4.90. The minimum Gasteiger partial charge on any atom is -0.311 e. The van der Waals surface area contributed by atoms with Gasteiger partial charge in [-0.1, -0.05) is 40.0 Å². The topological polar surface area (TPSA) is 12.0 Å². The van der Waals surface area contributed by atoms with Gasteiger partial charge in [-0.05, 0) is 43.4 Å². The van der Waals surface area contributed by atoms with Crippen LogP contribution in [0, 0.1) is 17.8 Å². The van der Waals surface area contributed by atoms with Gasteiger partial charge in [-0.15, -0.1) is 0 Å². The molecule has 1 nitrogen and oxygen atoms in total. The first-order chi connectivity index (χ1) is 7.66. The maximum atomic E-state index is 3.93. The fourth-order valence-corrected chi connectivity index (χ4v) is 3.39. The van der Waals surface area contributed by atoms with Gasteiger partial charge in [-0.25, -0.2) is 0 Å². The first-order valence-corrected chi connectivity index (χ1v) is 7.43. The normalized spacial score (nSPS) is 40.5. The van der Waals surface area contributed by atoms with Crippen molar-refractivity contribution in [3.05, 3.63) is 0 Å². The average molecular weight is 223 g/mol. The molecule has 0 aliphatic heterocycles. The highest BCUT2D eigenvalue weighted by atomic mass is 15.0. The monoisotopic (exact) mass is 223 g/mol. The van der Waals surface area contributed by atoms with E-state index in [1.165, 1.54) is 44.9 Å². The quantitative estimate of drug-likeness (QED) is 0.714. The Labute approximate surface area is 101 Å². The van der Waals surface area contributed by atoms with Gasteiger partial charge in [0.25, 0.3) is 0 Å². The molecule has 94 valence electrons. The molecule has 0 amide bonds. The van der Waals surface area contributed by atoms with E-state index in [-0.39, 0.29) is 0 Å². The van der Waals surface area contributed by atoms with Gasteiger partial charge in [-0.2, -0.15) is 0 Å². The summed E-state index contributed by atoms with van der Waals surface area (Å²) in [5, 5.41) is 3.93. The third-order valence-electron chi connectivity index (χ3n) is 4.93. The summed E-state index contributed by atoms with van der Waals surface area (Å²) in [5.74, 6) is 2.80. The summed E-state index contributed by atoms with van der Waals surface area (Å²) in [6, 6.07) is 1.67. The summed E-state index contributed by atoms with van der Waals surface area (Å²) >= 11 is 0. The van der Waals surface area contributed by atoms with E-state index in [9.17, 15) is 0 Å². The molecular weight excluding hydrogens is 194 g/mol. The van der Waals surface area contributed by atoms with Crippen LogP contribution in [0.1, 0.15) is 65.7 Å². The molecule has 0 aromatic rings. The van der Waals surface area contributed by atoms with Crippen molar-refractivity contribution in [3.63, 3.8) is 0 Å². The Balaban J connectivity index is 1.73. The van der Waals surface area contributed by atoms with Crippen LogP contribution in [0.5, 0.6) is 0 Å². The van der Waals surface area contributed by atoms with Gasteiger partial charge in [0.15, 0.2) is 0 Å². The summed E-state index contributed by atoms with van der Waals surface area (Å²) in [6.45, 7) is 7.19. The van der Waals surface area contributed by atoms with E-state index in [2.05, 4.69) is 26.1 Å². The number of rotatable bonds is 3. The number of hydrogen-bond donors (Lipinski definition) is 1. The fourth-order valence-electron chi connectivity index (χ4n) is 3.39. The molecule has 2 rings (SSSR count). The summed E-state index contributed by atoms with van der Waals surface area (Å²) < 4.78 is 0. The molecule has 2 saturated carbocycles. The third-order valence-corrected chi connectivity index (χ3v) is 4.93. The van der Waals surface area contributed by atoms with Crippen LogP contribution < -0.4 is 5.32 Å². The standard InChI is InChI=1S/C15H29N/c1-11(2)13-9-14(10-13)16-15-8-6-4-5-7-12(15)3/h11-16H,4-10H2,1-3H3. The zero-order valence-electron chi connectivity index (χ0n) is 11.3. The molecular formula is C15H29N. The fraction of sp³-hybridized carbons (Fsp3) is 1.00. The first-order valence-electron chi connectivity index (χ1n) is 7.43. The lowest BCUT2D eigenvalue weighted by Gasteiger charge is -2.41. The van der Waals surface area contributed by atoms with Gasteiger partial charge >= 0.3 is 0 Å². The Morgan fingerprint density at radius 3 is 2.38 bits per heavy atom. The Kier molecular flexibility index (Phi) is 4.29. The molecule has 2 unspecified atom stereocenters. The largest absolute Gasteiger partial charge is 0.311 e. The molecule has 2 atom stereocenters. The maximum Gasteiger partial charge on any atom is 0.00952 e. The third kappa shape index (κ3) is 3.00. The minimum atomic E-state index is 0.820. The summed E-state index contributed by atoms with van der Waals surface area (Å²) in [7, 11) is 0. The first kappa shape index (κ1) is 12.4. The van der Waals surface area contributed by atoms with Crippen molar-refractivity contribution in [2.24, 2.45) is 17.8 Å². The second-order valence-electron chi connectivity index (χ2n) is 6.56. The molecule has 0 spiro atoms. The van der Waals surface area contributed by atoms with Gasteiger partial charge in [0.05, 0.1) is 0 Å². The van der Waals surface area contributed by atoms with Crippen LogP contribution in [0.4, 0.5) is 0 Å². The van der Waals surface area contributed by atoms with Crippen molar-refractivity contribution >= 4 is 0 Å². The van der Waals surface area contributed by atoms with Crippen molar-refractivity contribution in [1.82, 2.24) is 5.32 Å².